The number of amides is 2. The van der Waals surface area contributed by atoms with Crippen LogP contribution in [0.25, 0.3) is 0 Å². The van der Waals surface area contributed by atoms with Crippen molar-refractivity contribution in [2.45, 2.75) is 72.5 Å². The maximum Gasteiger partial charge on any atom is 0.242 e. The molecule has 0 aromatic heterocycles. The fraction of sp³-hybridized carbons (Fsp3) is 0.500. The van der Waals surface area contributed by atoms with E-state index in [1.807, 2.05) is 64.1 Å². The number of methoxy groups -OCH3 is 1. The van der Waals surface area contributed by atoms with Gasteiger partial charge in [0.25, 0.3) is 0 Å². The summed E-state index contributed by atoms with van der Waals surface area (Å²) in [6.45, 7) is 9.92. The number of rotatable bonds is 13. The van der Waals surface area contributed by atoms with Gasteiger partial charge >= 0.3 is 0 Å². The molecule has 0 radical (unpaired) electrons. The van der Waals surface area contributed by atoms with E-state index < -0.39 is 16.1 Å². The zero-order valence-electron chi connectivity index (χ0n) is 23.1. The van der Waals surface area contributed by atoms with Crippen LogP contribution in [0.1, 0.15) is 56.7 Å². The number of anilines is 1. The number of carbonyl (C=O) groups excluding carboxylic acids is 2. The van der Waals surface area contributed by atoms with E-state index in [-0.39, 0.29) is 37.4 Å². The smallest absolute Gasteiger partial charge is 0.242 e. The van der Waals surface area contributed by atoms with Gasteiger partial charge in [-0.3, -0.25) is 13.9 Å². The molecule has 2 aromatic carbocycles. The van der Waals surface area contributed by atoms with Gasteiger partial charge < -0.3 is 15.0 Å². The van der Waals surface area contributed by atoms with Crippen LogP contribution in [-0.2, 0) is 26.2 Å². The van der Waals surface area contributed by atoms with E-state index in [1.165, 1.54) is 10.6 Å². The van der Waals surface area contributed by atoms with Gasteiger partial charge in [-0.2, -0.15) is 0 Å². The van der Waals surface area contributed by atoms with Gasteiger partial charge in [0.1, 0.15) is 11.8 Å². The third kappa shape index (κ3) is 8.77. The Hall–Kier alpha value is -3.07. The summed E-state index contributed by atoms with van der Waals surface area (Å²) < 4.78 is 31.7. The van der Waals surface area contributed by atoms with Gasteiger partial charge in [-0.15, -0.1) is 0 Å². The van der Waals surface area contributed by atoms with Crippen LogP contribution in [0.4, 0.5) is 5.69 Å². The average molecular weight is 532 g/mol. The normalized spacial score (nSPS) is 12.9. The molecule has 9 heteroatoms. The Balaban J connectivity index is 2.21. The highest BCUT2D eigenvalue weighted by Gasteiger charge is 2.27. The van der Waals surface area contributed by atoms with Crippen LogP contribution in [-0.4, -0.2) is 57.1 Å². The molecular weight excluding hydrogens is 490 g/mol. The van der Waals surface area contributed by atoms with Crippen molar-refractivity contribution < 1.29 is 22.7 Å². The van der Waals surface area contributed by atoms with E-state index in [1.54, 1.807) is 25.0 Å². The fourth-order valence-corrected chi connectivity index (χ4v) is 4.86. The molecule has 2 unspecified atom stereocenters. The number of carbonyl (C=O) groups is 2. The lowest BCUT2D eigenvalue weighted by atomic mass is 10.1. The van der Waals surface area contributed by atoms with E-state index in [4.69, 9.17) is 4.74 Å². The minimum absolute atomic E-state index is 0.00925. The molecule has 0 heterocycles. The fourth-order valence-electron chi connectivity index (χ4n) is 3.90. The lowest BCUT2D eigenvalue weighted by molar-refractivity contribution is -0.140. The minimum atomic E-state index is -3.54. The Morgan fingerprint density at radius 2 is 1.76 bits per heavy atom. The SMILES string of the molecule is CCC(C)NC(=O)C(C)N(Cc1cccc(OC)c1)C(=O)CCCN(c1ccc(C)c(C)c1)S(C)(=O)=O. The molecule has 2 aromatic rings. The summed E-state index contributed by atoms with van der Waals surface area (Å²) in [6.07, 6.45) is 2.36. The van der Waals surface area contributed by atoms with Crippen LogP contribution in [0, 0.1) is 13.8 Å². The standard InChI is InChI=1S/C28H41N3O5S/c1-8-22(4)29-28(33)23(5)30(19-24-11-9-12-26(18-24)36-6)27(32)13-10-16-31(37(7,34)35)25-15-14-20(2)21(3)17-25/h9,11-12,14-15,17-18,22-23H,8,10,13,16,19H2,1-7H3,(H,29,33). The number of nitrogens with one attached hydrogen (secondary N) is 1. The van der Waals surface area contributed by atoms with Crippen molar-refractivity contribution in [2.24, 2.45) is 0 Å². The molecule has 0 aliphatic heterocycles. The molecular formula is C28H41N3O5S. The number of benzene rings is 2. The van der Waals surface area contributed by atoms with Crippen LogP contribution in [0.5, 0.6) is 5.75 Å². The summed E-state index contributed by atoms with van der Waals surface area (Å²) in [7, 11) is -1.96. The van der Waals surface area contributed by atoms with Crippen molar-refractivity contribution in [1.29, 1.82) is 0 Å². The topological polar surface area (TPSA) is 96.0 Å². The van der Waals surface area contributed by atoms with Crippen molar-refractivity contribution >= 4 is 27.5 Å². The molecule has 37 heavy (non-hydrogen) atoms. The predicted molar refractivity (Wildman–Crippen MR) is 148 cm³/mol. The van der Waals surface area contributed by atoms with Crippen molar-refractivity contribution in [3.8, 4) is 5.75 Å². The van der Waals surface area contributed by atoms with Gasteiger partial charge in [0.15, 0.2) is 0 Å². The second-order valence-electron chi connectivity index (χ2n) is 9.57. The summed E-state index contributed by atoms with van der Waals surface area (Å²) in [5.41, 5.74) is 3.48. The third-order valence-corrected chi connectivity index (χ3v) is 7.78. The van der Waals surface area contributed by atoms with Crippen LogP contribution < -0.4 is 14.4 Å². The molecule has 204 valence electrons. The van der Waals surface area contributed by atoms with E-state index in [2.05, 4.69) is 5.32 Å². The summed E-state index contributed by atoms with van der Waals surface area (Å²) >= 11 is 0. The zero-order valence-corrected chi connectivity index (χ0v) is 23.9. The predicted octanol–water partition coefficient (Wildman–Crippen LogP) is 4.19. The highest BCUT2D eigenvalue weighted by molar-refractivity contribution is 7.92. The highest BCUT2D eigenvalue weighted by Crippen LogP contribution is 2.22. The quantitative estimate of drug-likeness (QED) is 0.418. The van der Waals surface area contributed by atoms with E-state index in [9.17, 15) is 18.0 Å². The number of ether oxygens (including phenoxy) is 1. The second-order valence-corrected chi connectivity index (χ2v) is 11.5. The third-order valence-electron chi connectivity index (χ3n) is 6.59. The first-order chi connectivity index (χ1) is 17.4. The summed E-state index contributed by atoms with van der Waals surface area (Å²) in [5, 5.41) is 2.95. The molecule has 0 aliphatic rings. The lowest BCUT2D eigenvalue weighted by Gasteiger charge is -2.30. The second kappa shape index (κ2) is 13.5. The number of hydrogen-bond acceptors (Lipinski definition) is 5. The molecule has 0 fully saturated rings. The summed E-state index contributed by atoms with van der Waals surface area (Å²) in [6, 6.07) is 12.2. The molecule has 0 bridgehead atoms. The Kier molecular flexibility index (Phi) is 11.0. The van der Waals surface area contributed by atoms with Crippen molar-refractivity contribution in [2.75, 3.05) is 24.2 Å². The molecule has 1 N–H and O–H groups in total. The average Bonchev–Trinajstić information content (AvgIpc) is 2.85. The van der Waals surface area contributed by atoms with Gasteiger partial charge in [-0.25, -0.2) is 8.42 Å². The molecule has 2 atom stereocenters. The number of hydrogen-bond donors (Lipinski definition) is 1. The van der Waals surface area contributed by atoms with E-state index in [0.717, 1.165) is 23.1 Å². The molecule has 0 saturated heterocycles. The molecule has 8 nitrogen and oxygen atoms in total. The van der Waals surface area contributed by atoms with Gasteiger partial charge in [0.2, 0.25) is 21.8 Å². The monoisotopic (exact) mass is 531 g/mol. The van der Waals surface area contributed by atoms with Gasteiger partial charge in [0.05, 0.1) is 19.1 Å². The largest absolute Gasteiger partial charge is 0.497 e. The Bertz CT molecular complexity index is 1180. The number of aryl methyl sites for hydroxylation is 2. The molecule has 0 saturated carbocycles. The minimum Gasteiger partial charge on any atom is -0.497 e. The summed E-state index contributed by atoms with van der Waals surface area (Å²) in [4.78, 5) is 27.9. The Labute approximate surface area is 222 Å². The van der Waals surface area contributed by atoms with Crippen LogP contribution in [0.3, 0.4) is 0 Å². The van der Waals surface area contributed by atoms with Gasteiger partial charge in [-0.1, -0.05) is 25.1 Å². The van der Waals surface area contributed by atoms with Crippen molar-refractivity contribution in [3.63, 3.8) is 0 Å². The first kappa shape index (κ1) is 30.2. The van der Waals surface area contributed by atoms with Gasteiger partial charge in [0, 0.05) is 25.6 Å². The van der Waals surface area contributed by atoms with Crippen LogP contribution >= 0.6 is 0 Å². The first-order valence-corrected chi connectivity index (χ1v) is 14.5. The first-order valence-electron chi connectivity index (χ1n) is 12.6. The lowest BCUT2D eigenvalue weighted by Crippen LogP contribution is -2.49. The highest BCUT2D eigenvalue weighted by atomic mass is 32.2. The van der Waals surface area contributed by atoms with Crippen LogP contribution in [0.15, 0.2) is 42.5 Å². The summed E-state index contributed by atoms with van der Waals surface area (Å²) in [5.74, 6) is 0.223. The van der Waals surface area contributed by atoms with E-state index in [0.29, 0.717) is 17.9 Å². The maximum atomic E-state index is 13.4. The maximum absolute atomic E-state index is 13.4. The molecule has 0 aliphatic carbocycles. The van der Waals surface area contributed by atoms with Crippen molar-refractivity contribution in [3.05, 3.63) is 59.2 Å². The Morgan fingerprint density at radius 3 is 2.35 bits per heavy atom. The molecule has 2 rings (SSSR count). The van der Waals surface area contributed by atoms with Crippen molar-refractivity contribution in [1.82, 2.24) is 10.2 Å². The van der Waals surface area contributed by atoms with Gasteiger partial charge in [-0.05, 0) is 81.5 Å². The zero-order chi connectivity index (χ0) is 27.8. The number of nitrogens with zero attached hydrogens (tertiary/aromatic N) is 2. The Morgan fingerprint density at radius 1 is 1.05 bits per heavy atom. The number of sulfonamides is 1. The molecule has 0 spiro atoms. The van der Waals surface area contributed by atoms with E-state index >= 15 is 0 Å². The van der Waals surface area contributed by atoms with Crippen LogP contribution in [0.2, 0.25) is 0 Å². The molecule has 2 amide bonds.